The zero-order valence-electron chi connectivity index (χ0n) is 12.3. The predicted octanol–water partition coefficient (Wildman–Crippen LogP) is 2.42. The molecule has 6 bridgehead atoms. The first-order chi connectivity index (χ1) is 10.2. The van der Waals surface area contributed by atoms with Gasteiger partial charge < -0.3 is 9.84 Å². The Labute approximate surface area is 124 Å². The topological polar surface area (TPSA) is 46.5 Å². The van der Waals surface area contributed by atoms with Crippen LogP contribution in [0.4, 0.5) is 0 Å². The lowest BCUT2D eigenvalue weighted by molar-refractivity contribution is -0.147. The Morgan fingerprint density at radius 1 is 1.00 bits per heavy atom. The van der Waals surface area contributed by atoms with Crippen molar-refractivity contribution >= 4 is 5.97 Å². The molecule has 2 heterocycles. The third kappa shape index (κ3) is 1.09. The van der Waals surface area contributed by atoms with Gasteiger partial charge in [-0.1, -0.05) is 19.1 Å². The molecule has 21 heavy (non-hydrogen) atoms. The van der Waals surface area contributed by atoms with Crippen LogP contribution < -0.4 is 0 Å². The van der Waals surface area contributed by atoms with E-state index in [2.05, 4.69) is 19.1 Å². The molecule has 2 saturated heterocycles. The average molecular weight is 286 g/mol. The zero-order chi connectivity index (χ0) is 14.0. The van der Waals surface area contributed by atoms with Gasteiger partial charge in [0.15, 0.2) is 0 Å². The molecule has 2 aliphatic heterocycles. The molecule has 0 aromatic carbocycles. The quantitative estimate of drug-likeness (QED) is 0.753. The maximum atomic E-state index is 11.7. The molecule has 12 unspecified atom stereocenters. The summed E-state index contributed by atoms with van der Waals surface area (Å²) in [5.74, 6) is 4.92. The summed E-state index contributed by atoms with van der Waals surface area (Å²) in [6.07, 6.45) is 8.22. The van der Waals surface area contributed by atoms with Gasteiger partial charge in [0.05, 0.1) is 18.1 Å². The third-order valence-corrected chi connectivity index (χ3v) is 8.38. The van der Waals surface area contributed by atoms with E-state index in [1.807, 2.05) is 0 Å². The SMILES string of the molecule is CC1C2CC(C1C(=O)O)C1C3OC(C4C5C=CC(C5)C34)C21. The summed E-state index contributed by atoms with van der Waals surface area (Å²) in [6, 6.07) is 0. The number of fused-ring (bicyclic) bond motifs is 16. The normalized spacial score (nSPS) is 67.9. The third-order valence-electron chi connectivity index (χ3n) is 8.38. The van der Waals surface area contributed by atoms with E-state index in [1.54, 1.807) is 0 Å². The minimum Gasteiger partial charge on any atom is -0.481 e. The maximum Gasteiger partial charge on any atom is 0.307 e. The van der Waals surface area contributed by atoms with Crippen LogP contribution in [0.15, 0.2) is 12.2 Å². The minimum atomic E-state index is -0.555. The predicted molar refractivity (Wildman–Crippen MR) is 75.2 cm³/mol. The summed E-state index contributed by atoms with van der Waals surface area (Å²) in [6.45, 7) is 2.18. The number of aliphatic carboxylic acids is 1. The van der Waals surface area contributed by atoms with E-state index in [0.717, 1.165) is 30.1 Å². The first-order valence-corrected chi connectivity index (χ1v) is 8.73. The highest BCUT2D eigenvalue weighted by atomic mass is 16.5. The molecule has 3 nitrogen and oxygen atoms in total. The fourth-order valence-corrected chi connectivity index (χ4v) is 8.02. The summed E-state index contributed by atoms with van der Waals surface area (Å²) >= 11 is 0. The van der Waals surface area contributed by atoms with Crippen LogP contribution in [0.25, 0.3) is 0 Å². The van der Waals surface area contributed by atoms with Crippen LogP contribution in [0.2, 0.25) is 0 Å². The number of carboxylic acids is 1. The van der Waals surface area contributed by atoms with Crippen molar-refractivity contribution < 1.29 is 14.6 Å². The average Bonchev–Trinajstić information content (AvgIpc) is 3.23. The fourth-order valence-electron chi connectivity index (χ4n) is 8.02. The van der Waals surface area contributed by atoms with Gasteiger partial charge in [0.1, 0.15) is 0 Å². The van der Waals surface area contributed by atoms with Gasteiger partial charge in [0, 0.05) is 0 Å². The van der Waals surface area contributed by atoms with Crippen LogP contribution in [-0.2, 0) is 9.53 Å². The number of rotatable bonds is 1. The molecule has 4 aliphatic carbocycles. The van der Waals surface area contributed by atoms with E-state index in [0.29, 0.717) is 41.8 Å². The molecular weight excluding hydrogens is 264 g/mol. The molecule has 1 N–H and O–H groups in total. The number of carboxylic acid groups (broad SMARTS) is 1. The second-order valence-corrected chi connectivity index (χ2v) is 8.61. The fraction of sp³-hybridized carbons (Fsp3) is 0.833. The van der Waals surface area contributed by atoms with Crippen LogP contribution in [0.1, 0.15) is 19.8 Å². The molecule has 0 radical (unpaired) electrons. The van der Waals surface area contributed by atoms with Gasteiger partial charge in [-0.25, -0.2) is 0 Å². The van der Waals surface area contributed by atoms with E-state index in [1.165, 1.54) is 6.42 Å². The van der Waals surface area contributed by atoms with E-state index in [-0.39, 0.29) is 5.92 Å². The van der Waals surface area contributed by atoms with Crippen molar-refractivity contribution in [2.75, 3.05) is 0 Å². The molecular formula is C18H22O3. The van der Waals surface area contributed by atoms with Gasteiger partial charge in [0.25, 0.3) is 0 Å². The molecule has 112 valence electrons. The van der Waals surface area contributed by atoms with Gasteiger partial charge >= 0.3 is 5.97 Å². The highest BCUT2D eigenvalue weighted by Gasteiger charge is 2.74. The molecule has 12 atom stereocenters. The van der Waals surface area contributed by atoms with Gasteiger partial charge in [0.2, 0.25) is 0 Å². The Kier molecular flexibility index (Phi) is 1.89. The first-order valence-electron chi connectivity index (χ1n) is 8.73. The number of carbonyl (C=O) groups is 1. The summed E-state index contributed by atoms with van der Waals surface area (Å²) in [5.41, 5.74) is 0. The van der Waals surface area contributed by atoms with Crippen molar-refractivity contribution in [3.63, 3.8) is 0 Å². The van der Waals surface area contributed by atoms with Crippen LogP contribution in [0, 0.1) is 59.2 Å². The van der Waals surface area contributed by atoms with Crippen molar-refractivity contribution in [2.24, 2.45) is 59.2 Å². The van der Waals surface area contributed by atoms with Crippen LogP contribution in [0.5, 0.6) is 0 Å². The van der Waals surface area contributed by atoms with Crippen molar-refractivity contribution in [2.45, 2.75) is 32.0 Å². The van der Waals surface area contributed by atoms with Gasteiger partial charge in [-0.15, -0.1) is 0 Å². The van der Waals surface area contributed by atoms with Crippen LogP contribution in [-0.4, -0.2) is 23.3 Å². The molecule has 0 amide bonds. The molecule has 6 aliphatic rings. The molecule has 3 heteroatoms. The van der Waals surface area contributed by atoms with Gasteiger partial charge in [-0.3, -0.25) is 4.79 Å². The van der Waals surface area contributed by atoms with Crippen LogP contribution in [0.3, 0.4) is 0 Å². The van der Waals surface area contributed by atoms with Crippen molar-refractivity contribution in [1.82, 2.24) is 0 Å². The smallest absolute Gasteiger partial charge is 0.307 e. The Bertz CT molecular complexity index is 569. The summed E-state index contributed by atoms with van der Waals surface area (Å²) in [4.78, 5) is 11.7. The number of ether oxygens (including phenoxy) is 1. The molecule has 0 aromatic rings. The number of hydrogen-bond acceptors (Lipinski definition) is 2. The van der Waals surface area contributed by atoms with Crippen LogP contribution >= 0.6 is 0 Å². The monoisotopic (exact) mass is 286 g/mol. The highest BCUT2D eigenvalue weighted by Crippen LogP contribution is 2.72. The highest BCUT2D eigenvalue weighted by molar-refractivity contribution is 5.71. The van der Waals surface area contributed by atoms with Crippen molar-refractivity contribution in [3.05, 3.63) is 12.2 Å². The minimum absolute atomic E-state index is 0.105. The van der Waals surface area contributed by atoms with Crippen molar-refractivity contribution in [1.29, 1.82) is 0 Å². The summed E-state index contributed by atoms with van der Waals surface area (Å²) < 4.78 is 6.51. The number of hydrogen-bond donors (Lipinski definition) is 1. The Morgan fingerprint density at radius 2 is 1.62 bits per heavy atom. The van der Waals surface area contributed by atoms with Gasteiger partial charge in [-0.05, 0) is 66.1 Å². The lowest BCUT2D eigenvalue weighted by Crippen LogP contribution is -2.48. The Hall–Kier alpha value is -0.830. The second kappa shape index (κ2) is 3.40. The van der Waals surface area contributed by atoms with E-state index < -0.39 is 5.97 Å². The van der Waals surface area contributed by atoms with E-state index in [4.69, 9.17) is 4.74 Å². The zero-order valence-corrected chi connectivity index (χ0v) is 12.3. The summed E-state index contributed by atoms with van der Waals surface area (Å²) in [5, 5.41) is 9.64. The maximum absolute atomic E-state index is 11.7. The molecule has 0 spiro atoms. The molecule has 5 fully saturated rings. The van der Waals surface area contributed by atoms with E-state index in [9.17, 15) is 9.90 Å². The standard InChI is InChI=1S/C18H22O3/c1-6-9-5-10(11(6)18(19)20)15-14(9)16-12-7-2-3-8(4-7)13(12)17(15)21-16/h2-3,6-17H,4-5H2,1H3,(H,19,20). The Morgan fingerprint density at radius 3 is 2.24 bits per heavy atom. The summed E-state index contributed by atoms with van der Waals surface area (Å²) in [7, 11) is 0. The molecule has 6 rings (SSSR count). The Balaban J connectivity index is 1.42. The molecule has 3 saturated carbocycles. The lowest BCUT2D eigenvalue weighted by atomic mass is 9.57. The lowest BCUT2D eigenvalue weighted by Gasteiger charge is -2.44. The second-order valence-electron chi connectivity index (χ2n) is 8.61. The first kappa shape index (κ1) is 11.7. The van der Waals surface area contributed by atoms with Gasteiger partial charge in [-0.2, -0.15) is 0 Å². The number of allylic oxidation sites excluding steroid dienone is 2. The van der Waals surface area contributed by atoms with Crippen molar-refractivity contribution in [3.8, 4) is 0 Å². The molecule has 0 aromatic heterocycles. The van der Waals surface area contributed by atoms with E-state index >= 15 is 0 Å². The largest absolute Gasteiger partial charge is 0.481 e.